The second kappa shape index (κ2) is 8.04. The van der Waals surface area contributed by atoms with Gasteiger partial charge in [-0.25, -0.2) is 13.1 Å². The van der Waals surface area contributed by atoms with Gasteiger partial charge in [-0.15, -0.1) is 0 Å². The summed E-state index contributed by atoms with van der Waals surface area (Å²) in [5, 5.41) is 0. The molecule has 7 nitrogen and oxygen atoms in total. The number of amides is 1. The van der Waals surface area contributed by atoms with Crippen LogP contribution >= 0.6 is 0 Å². The number of fused-ring (bicyclic) bond motifs is 1. The molecule has 26 heavy (non-hydrogen) atoms. The predicted molar refractivity (Wildman–Crippen MR) is 99.8 cm³/mol. The summed E-state index contributed by atoms with van der Waals surface area (Å²) in [5.41, 5.74) is 1.72. The molecule has 1 aromatic carbocycles. The van der Waals surface area contributed by atoms with Crippen molar-refractivity contribution in [2.24, 2.45) is 5.92 Å². The zero-order chi connectivity index (χ0) is 18.7. The number of benzene rings is 1. The van der Waals surface area contributed by atoms with E-state index in [1.165, 1.54) is 6.92 Å². The van der Waals surface area contributed by atoms with Gasteiger partial charge < -0.3 is 9.64 Å². The monoisotopic (exact) mass is 381 g/mol. The minimum atomic E-state index is -3.55. The van der Waals surface area contributed by atoms with Crippen LogP contribution in [0.3, 0.4) is 0 Å². The van der Waals surface area contributed by atoms with Gasteiger partial charge in [-0.3, -0.25) is 9.69 Å². The quantitative estimate of drug-likeness (QED) is 0.790. The van der Waals surface area contributed by atoms with Crippen molar-refractivity contribution in [3.8, 4) is 0 Å². The Morgan fingerprint density at radius 1 is 1.27 bits per heavy atom. The van der Waals surface area contributed by atoms with Crippen LogP contribution in [-0.4, -0.2) is 65.2 Å². The average Bonchev–Trinajstić information content (AvgIpc) is 3.04. The lowest BCUT2D eigenvalue weighted by Crippen LogP contribution is -2.41. The number of nitrogens with one attached hydrogen (secondary N) is 1. The fourth-order valence-electron chi connectivity index (χ4n) is 3.50. The lowest BCUT2D eigenvalue weighted by atomic mass is 10.1. The van der Waals surface area contributed by atoms with E-state index in [2.05, 4.69) is 9.62 Å². The lowest BCUT2D eigenvalue weighted by Gasteiger charge is -2.29. The van der Waals surface area contributed by atoms with Gasteiger partial charge in [0.25, 0.3) is 0 Å². The Balaban J connectivity index is 1.60. The number of carbonyl (C=O) groups excluding carboxylic acids is 1. The third-order valence-corrected chi connectivity index (χ3v) is 6.35. The number of morpholine rings is 1. The Hall–Kier alpha value is -1.48. The van der Waals surface area contributed by atoms with Crippen LogP contribution in [0.4, 0.5) is 5.69 Å². The molecule has 1 fully saturated rings. The molecule has 1 atom stereocenters. The molecule has 1 unspecified atom stereocenters. The number of anilines is 1. The van der Waals surface area contributed by atoms with Gasteiger partial charge in [0, 0.05) is 45.3 Å². The van der Waals surface area contributed by atoms with E-state index in [0.717, 1.165) is 44.1 Å². The zero-order valence-electron chi connectivity index (χ0n) is 15.4. The summed E-state index contributed by atoms with van der Waals surface area (Å²) in [5.74, 6) is 0.194. The summed E-state index contributed by atoms with van der Waals surface area (Å²) >= 11 is 0. The number of sulfonamides is 1. The molecule has 3 rings (SSSR count). The van der Waals surface area contributed by atoms with Crippen LogP contribution in [-0.2, 0) is 26.0 Å². The fourth-order valence-corrected chi connectivity index (χ4v) is 4.71. The van der Waals surface area contributed by atoms with E-state index in [0.29, 0.717) is 19.5 Å². The van der Waals surface area contributed by atoms with Gasteiger partial charge in [-0.2, -0.15) is 0 Å². The molecule has 2 heterocycles. The number of nitrogens with zero attached hydrogens (tertiary/aromatic N) is 2. The van der Waals surface area contributed by atoms with Crippen molar-refractivity contribution in [3.63, 3.8) is 0 Å². The highest BCUT2D eigenvalue weighted by Crippen LogP contribution is 2.30. The van der Waals surface area contributed by atoms with E-state index in [-0.39, 0.29) is 16.7 Å². The van der Waals surface area contributed by atoms with Crippen molar-refractivity contribution < 1.29 is 17.9 Å². The zero-order valence-corrected chi connectivity index (χ0v) is 16.2. The molecule has 1 N–H and O–H groups in total. The van der Waals surface area contributed by atoms with Gasteiger partial charge in [-0.1, -0.05) is 6.92 Å². The van der Waals surface area contributed by atoms with E-state index in [4.69, 9.17) is 4.74 Å². The predicted octanol–water partition coefficient (Wildman–Crippen LogP) is 0.842. The SMILES string of the molecule is CC(=O)N1CCc2cc(S(=O)(=O)NCC(C)CN3CCOCC3)ccc21. The highest BCUT2D eigenvalue weighted by atomic mass is 32.2. The van der Waals surface area contributed by atoms with Gasteiger partial charge in [0.2, 0.25) is 15.9 Å². The molecule has 1 aromatic rings. The van der Waals surface area contributed by atoms with Crippen molar-refractivity contribution in [2.75, 3.05) is 50.8 Å². The van der Waals surface area contributed by atoms with Crippen molar-refractivity contribution >= 4 is 21.6 Å². The topological polar surface area (TPSA) is 79.0 Å². The molecule has 2 aliphatic rings. The second-order valence-electron chi connectivity index (χ2n) is 7.08. The summed E-state index contributed by atoms with van der Waals surface area (Å²) < 4.78 is 33.3. The van der Waals surface area contributed by atoms with Crippen LogP contribution in [0.25, 0.3) is 0 Å². The fraction of sp³-hybridized carbons (Fsp3) is 0.611. The first kappa shape index (κ1) is 19.3. The van der Waals surface area contributed by atoms with Crippen LogP contribution < -0.4 is 9.62 Å². The molecular weight excluding hydrogens is 354 g/mol. The first-order valence-corrected chi connectivity index (χ1v) is 10.6. The molecule has 8 heteroatoms. The van der Waals surface area contributed by atoms with Gasteiger partial charge >= 0.3 is 0 Å². The maximum Gasteiger partial charge on any atom is 0.240 e. The van der Waals surface area contributed by atoms with E-state index >= 15 is 0 Å². The van der Waals surface area contributed by atoms with E-state index in [1.807, 2.05) is 6.92 Å². The van der Waals surface area contributed by atoms with Gasteiger partial charge in [0.05, 0.1) is 18.1 Å². The number of ether oxygens (including phenoxy) is 1. The molecule has 0 radical (unpaired) electrons. The van der Waals surface area contributed by atoms with Crippen LogP contribution in [0.5, 0.6) is 0 Å². The maximum atomic E-state index is 12.6. The Bertz CT molecular complexity index is 760. The first-order chi connectivity index (χ1) is 12.4. The summed E-state index contributed by atoms with van der Waals surface area (Å²) in [4.78, 5) is 15.9. The Morgan fingerprint density at radius 3 is 2.69 bits per heavy atom. The molecule has 0 aliphatic carbocycles. The highest BCUT2D eigenvalue weighted by molar-refractivity contribution is 7.89. The molecule has 0 saturated carbocycles. The second-order valence-corrected chi connectivity index (χ2v) is 8.85. The lowest BCUT2D eigenvalue weighted by molar-refractivity contribution is -0.116. The summed E-state index contributed by atoms with van der Waals surface area (Å²) in [6.45, 7) is 8.71. The van der Waals surface area contributed by atoms with Gasteiger partial charge in [0.1, 0.15) is 0 Å². The first-order valence-electron chi connectivity index (χ1n) is 9.07. The van der Waals surface area contributed by atoms with Gasteiger partial charge in [0.15, 0.2) is 0 Å². The Morgan fingerprint density at radius 2 is 2.00 bits per heavy atom. The number of hydrogen-bond donors (Lipinski definition) is 1. The van der Waals surface area contributed by atoms with Crippen molar-refractivity contribution in [2.45, 2.75) is 25.2 Å². The smallest absolute Gasteiger partial charge is 0.240 e. The summed E-state index contributed by atoms with van der Waals surface area (Å²) in [6.07, 6.45) is 0.686. The van der Waals surface area contributed by atoms with E-state index in [1.54, 1.807) is 23.1 Å². The average molecular weight is 381 g/mol. The molecule has 0 aromatic heterocycles. The van der Waals surface area contributed by atoms with Crippen LogP contribution in [0.1, 0.15) is 19.4 Å². The van der Waals surface area contributed by atoms with E-state index in [9.17, 15) is 13.2 Å². The number of carbonyl (C=O) groups is 1. The minimum absolute atomic E-state index is 0.0191. The Kier molecular flexibility index (Phi) is 5.96. The van der Waals surface area contributed by atoms with Gasteiger partial charge in [-0.05, 0) is 36.1 Å². The summed E-state index contributed by atoms with van der Waals surface area (Å²) in [6, 6.07) is 5.00. The minimum Gasteiger partial charge on any atom is -0.379 e. The van der Waals surface area contributed by atoms with Crippen LogP contribution in [0, 0.1) is 5.92 Å². The maximum absolute atomic E-state index is 12.6. The number of hydrogen-bond acceptors (Lipinski definition) is 5. The highest BCUT2D eigenvalue weighted by Gasteiger charge is 2.25. The third kappa shape index (κ3) is 4.43. The largest absolute Gasteiger partial charge is 0.379 e. The van der Waals surface area contributed by atoms with Crippen LogP contribution in [0.15, 0.2) is 23.1 Å². The molecule has 144 valence electrons. The van der Waals surface area contributed by atoms with Crippen molar-refractivity contribution in [3.05, 3.63) is 23.8 Å². The molecule has 1 amide bonds. The summed E-state index contributed by atoms with van der Waals surface area (Å²) in [7, 11) is -3.55. The number of rotatable bonds is 6. The molecular formula is C18H27N3O4S. The molecule has 1 saturated heterocycles. The standard InChI is InChI=1S/C18H27N3O4S/c1-14(13-20-7-9-25-10-8-20)12-19-26(23,24)17-3-4-18-16(11-17)5-6-21(18)15(2)22/h3-4,11,14,19H,5-10,12-13H2,1-2H3. The Labute approximate surface area is 155 Å². The molecule has 2 aliphatic heterocycles. The molecule has 0 bridgehead atoms. The third-order valence-electron chi connectivity index (χ3n) is 4.93. The van der Waals surface area contributed by atoms with Crippen molar-refractivity contribution in [1.29, 1.82) is 0 Å². The van der Waals surface area contributed by atoms with Crippen LogP contribution in [0.2, 0.25) is 0 Å². The van der Waals surface area contributed by atoms with Crippen molar-refractivity contribution in [1.82, 2.24) is 9.62 Å². The molecule has 0 spiro atoms. The van der Waals surface area contributed by atoms with E-state index < -0.39 is 10.0 Å². The normalized spacial score (nSPS) is 19.4.